The van der Waals surface area contributed by atoms with E-state index in [0.29, 0.717) is 11.5 Å². The van der Waals surface area contributed by atoms with Crippen LogP contribution in [0.1, 0.15) is 126 Å². The first-order valence-electron chi connectivity index (χ1n) is 32.7. The number of fused-ring (bicyclic) bond motifs is 12. The Kier molecular flexibility index (Phi) is 14.3. The van der Waals surface area contributed by atoms with Crippen LogP contribution in [-0.2, 0) is 48.1 Å². The van der Waals surface area contributed by atoms with Gasteiger partial charge in [0.05, 0.1) is 16.7 Å². The Morgan fingerprint density at radius 3 is 1.43 bits per heavy atom. The Morgan fingerprint density at radius 1 is 0.404 bits per heavy atom. The van der Waals surface area contributed by atoms with Gasteiger partial charge in [-0.25, -0.2) is 4.98 Å². The molecule has 16 rings (SSSR count). The summed E-state index contributed by atoms with van der Waals surface area (Å²) in [5, 5.41) is 2.20. The van der Waals surface area contributed by atoms with Crippen molar-refractivity contribution in [3.8, 4) is 73.2 Å². The van der Waals surface area contributed by atoms with Crippen molar-refractivity contribution in [1.29, 1.82) is 0 Å². The van der Waals surface area contributed by atoms with Crippen molar-refractivity contribution in [2.24, 2.45) is 0 Å². The van der Waals surface area contributed by atoms with Crippen molar-refractivity contribution in [2.75, 3.05) is 0 Å². The third kappa shape index (κ3) is 9.51. The van der Waals surface area contributed by atoms with Crippen LogP contribution >= 0.6 is 0 Å². The van der Waals surface area contributed by atoms with Gasteiger partial charge in [-0.15, -0.1) is 29.7 Å². The van der Waals surface area contributed by atoms with Crippen LogP contribution in [0, 0.1) is 18.5 Å². The summed E-state index contributed by atoms with van der Waals surface area (Å²) in [7, 11) is 0. The van der Waals surface area contributed by atoms with E-state index in [0.717, 1.165) is 72.3 Å². The molecule has 0 atom stereocenters. The van der Waals surface area contributed by atoms with Crippen LogP contribution in [0.25, 0.3) is 94.5 Å². The van der Waals surface area contributed by atoms with Crippen molar-refractivity contribution in [1.82, 2.24) is 14.1 Å². The Labute approximate surface area is 567 Å². The molecule has 3 aromatic heterocycles. The second kappa shape index (κ2) is 22.2. The van der Waals surface area contributed by atoms with E-state index < -0.39 is 0 Å². The van der Waals surface area contributed by atoms with Gasteiger partial charge in [-0.2, -0.15) is 18.2 Å². The first kappa shape index (κ1) is 60.6. The summed E-state index contributed by atoms with van der Waals surface area (Å²) in [4.78, 5) is 4.93. The standard InChI is InChI=1S/C88H74N4O.Pt/c1-84(2,3)58-48-49-89-82(52-58)92-78-39-21-16-32-68(78)69-45-44-61(54-81(69)92)93-60-27-24-26-59(53-60)90-55-91(80-41-23-22-40-79(80)90)83-62(56-42-46-74-76(50-56)87(8,9)72-37-19-14-30-66(72)64-28-12-17-35-70(64)85(74,4)5)33-25-34-63(83)57-43-47-75-77(51-57)88(10,11)73-38-20-15-31-67(73)65-29-13-18-36-71(65)86(75,6)7;/h12-52H,1-11H3;/q-2;. The minimum Gasteiger partial charge on any atom is -0.510 e. The number of para-hydroxylation sites is 4. The van der Waals surface area contributed by atoms with Gasteiger partial charge in [-0.1, -0.05) is 276 Å². The predicted octanol–water partition coefficient (Wildman–Crippen LogP) is 21.5. The molecule has 0 spiro atoms. The molecule has 2 aliphatic carbocycles. The van der Waals surface area contributed by atoms with Crippen LogP contribution in [0.15, 0.2) is 249 Å². The van der Waals surface area contributed by atoms with E-state index in [2.05, 4.69) is 333 Å². The van der Waals surface area contributed by atoms with Crippen LogP contribution in [0.5, 0.6) is 11.5 Å². The Balaban J connectivity index is 0.00000729. The van der Waals surface area contributed by atoms with E-state index in [1.54, 1.807) is 0 Å². The van der Waals surface area contributed by atoms with Gasteiger partial charge in [0.1, 0.15) is 5.82 Å². The third-order valence-corrected chi connectivity index (χ3v) is 20.8. The van der Waals surface area contributed by atoms with Crippen molar-refractivity contribution in [3.63, 3.8) is 0 Å². The SMILES string of the molecule is CC(C)(C)c1ccnc(-n2c3[c-]c(Oc4[c-]c(-n5[c-][n+](-c6c(-c7ccc8c(c7)C(C)(C)c7ccccc7-c7ccccc7C8(C)C)cccc6-c6ccc7c(c6)C(C)(C)c6ccccc6-c6ccccc6C7(C)C)c6ccccc65)ccc4)ccc3c3ccccc32)c1.[Pt]. The fourth-order valence-electron chi connectivity index (χ4n) is 15.8. The maximum Gasteiger partial charge on any atom is 0.268 e. The van der Waals surface area contributed by atoms with Crippen LogP contribution in [0.2, 0.25) is 0 Å². The van der Waals surface area contributed by atoms with Crippen LogP contribution in [0.3, 0.4) is 0 Å². The van der Waals surface area contributed by atoms with Crippen molar-refractivity contribution in [2.45, 2.75) is 103 Å². The van der Waals surface area contributed by atoms with Crippen LogP contribution in [-0.4, -0.2) is 14.1 Å². The van der Waals surface area contributed by atoms with E-state index >= 15 is 0 Å². The number of rotatable bonds is 7. The van der Waals surface area contributed by atoms with Crippen molar-refractivity contribution < 1.29 is 30.4 Å². The topological polar surface area (TPSA) is 35.9 Å². The second-order valence-corrected chi connectivity index (χ2v) is 28.8. The zero-order chi connectivity index (χ0) is 63.9. The van der Waals surface area contributed by atoms with Crippen molar-refractivity contribution >= 4 is 32.8 Å². The monoisotopic (exact) mass is 1400 g/mol. The minimum atomic E-state index is -0.372. The van der Waals surface area contributed by atoms with Gasteiger partial charge in [0.2, 0.25) is 0 Å². The molecule has 5 nitrogen and oxygen atoms in total. The molecule has 0 N–H and O–H groups in total. The van der Waals surface area contributed by atoms with E-state index in [9.17, 15) is 0 Å². The Morgan fingerprint density at radius 2 is 0.872 bits per heavy atom. The third-order valence-electron chi connectivity index (χ3n) is 20.8. The van der Waals surface area contributed by atoms with Gasteiger partial charge in [-0.05, 0) is 129 Å². The Bertz CT molecular complexity index is 5190. The molecule has 0 fully saturated rings. The van der Waals surface area contributed by atoms with E-state index in [-0.39, 0.29) is 48.1 Å². The smallest absolute Gasteiger partial charge is 0.268 e. The zero-order valence-corrected chi connectivity index (χ0v) is 57.5. The molecule has 3 heterocycles. The molecule has 11 aromatic carbocycles. The maximum absolute atomic E-state index is 6.86. The summed E-state index contributed by atoms with van der Waals surface area (Å²) in [5.41, 5.74) is 25.6. The maximum atomic E-state index is 6.86. The van der Waals surface area contributed by atoms with Crippen molar-refractivity contribution in [3.05, 3.63) is 317 Å². The number of hydrogen-bond donors (Lipinski definition) is 0. The minimum absolute atomic E-state index is 0. The molecule has 0 aliphatic heterocycles. The molecule has 0 unspecified atom stereocenters. The van der Waals surface area contributed by atoms with Crippen LogP contribution < -0.4 is 9.30 Å². The van der Waals surface area contributed by atoms with E-state index in [1.807, 2.05) is 24.4 Å². The van der Waals surface area contributed by atoms with Gasteiger partial charge in [-0.3, -0.25) is 4.57 Å². The molecule has 2 aliphatic rings. The molecular formula is C88H74N4OPt-2. The van der Waals surface area contributed by atoms with Crippen LogP contribution in [0.4, 0.5) is 0 Å². The predicted molar refractivity (Wildman–Crippen MR) is 382 cm³/mol. The normalized spacial score (nSPS) is 14.8. The second-order valence-electron chi connectivity index (χ2n) is 28.8. The number of ether oxygens (including phenoxy) is 1. The molecule has 94 heavy (non-hydrogen) atoms. The number of imidazole rings is 1. The molecule has 0 saturated heterocycles. The number of pyridine rings is 1. The fraction of sp³-hybridized carbons (Fsp3) is 0.182. The molecule has 0 bridgehead atoms. The molecule has 0 radical (unpaired) electrons. The zero-order valence-electron chi connectivity index (χ0n) is 55.2. The molecular weight excluding hydrogens is 1320 g/mol. The van der Waals surface area contributed by atoms with Gasteiger partial charge >= 0.3 is 0 Å². The summed E-state index contributed by atoms with van der Waals surface area (Å²) in [6, 6.07) is 96.8. The molecule has 6 heteroatoms. The summed E-state index contributed by atoms with van der Waals surface area (Å²) in [5.74, 6) is 1.98. The van der Waals surface area contributed by atoms with Gasteiger partial charge in [0.15, 0.2) is 0 Å². The average Bonchev–Trinajstić information content (AvgIpc) is 0.936. The molecule has 0 saturated carbocycles. The largest absolute Gasteiger partial charge is 0.510 e. The van der Waals surface area contributed by atoms with E-state index in [4.69, 9.17) is 9.72 Å². The number of benzene rings is 11. The number of nitrogens with zero attached hydrogens (tertiary/aromatic N) is 4. The summed E-state index contributed by atoms with van der Waals surface area (Å²) >= 11 is 0. The molecule has 14 aromatic rings. The summed E-state index contributed by atoms with van der Waals surface area (Å²) < 4.78 is 13.5. The summed E-state index contributed by atoms with van der Waals surface area (Å²) in [6.45, 7) is 26.0. The number of aromatic nitrogens is 4. The number of hydrogen-bond acceptors (Lipinski definition) is 2. The van der Waals surface area contributed by atoms with Gasteiger partial charge in [0.25, 0.3) is 6.33 Å². The summed E-state index contributed by atoms with van der Waals surface area (Å²) in [6.07, 6.45) is 5.92. The average molecular weight is 1400 g/mol. The van der Waals surface area contributed by atoms with Gasteiger partial charge in [0, 0.05) is 65.9 Å². The molecule has 0 amide bonds. The first-order chi connectivity index (χ1) is 44.8. The quantitative estimate of drug-likeness (QED) is 0.118. The molecule has 464 valence electrons. The van der Waals surface area contributed by atoms with E-state index in [1.165, 1.54) is 72.3 Å². The van der Waals surface area contributed by atoms with Gasteiger partial charge < -0.3 is 13.9 Å². The first-order valence-corrected chi connectivity index (χ1v) is 32.7. The Hall–Kier alpha value is -9.67. The fourth-order valence-corrected chi connectivity index (χ4v) is 15.8.